The standard InChI is InChI=1S/C15H27N3/c1-13(2)10-17-11-14(3)18-9-5-7-15-6-4-8-16-12-15/h4,6,8,12-14,17-18H,5,7,9-11H2,1-3H3. The van der Waals surface area contributed by atoms with Crippen LogP contribution in [0.3, 0.4) is 0 Å². The van der Waals surface area contributed by atoms with Gasteiger partial charge in [-0.2, -0.15) is 0 Å². The molecule has 1 atom stereocenters. The number of rotatable bonds is 9. The van der Waals surface area contributed by atoms with Crippen LogP contribution in [0.1, 0.15) is 32.8 Å². The van der Waals surface area contributed by atoms with Gasteiger partial charge in [0.05, 0.1) is 0 Å². The van der Waals surface area contributed by atoms with Gasteiger partial charge in [0.25, 0.3) is 0 Å². The maximum absolute atomic E-state index is 4.13. The zero-order chi connectivity index (χ0) is 13.2. The van der Waals surface area contributed by atoms with Crippen LogP contribution >= 0.6 is 0 Å². The van der Waals surface area contributed by atoms with E-state index >= 15 is 0 Å². The number of pyridine rings is 1. The van der Waals surface area contributed by atoms with Crippen molar-refractivity contribution in [2.24, 2.45) is 5.92 Å². The Morgan fingerprint density at radius 2 is 2.06 bits per heavy atom. The molecule has 2 N–H and O–H groups in total. The first-order valence-corrected chi connectivity index (χ1v) is 7.01. The highest BCUT2D eigenvalue weighted by molar-refractivity contribution is 5.08. The van der Waals surface area contributed by atoms with Gasteiger partial charge in [-0.3, -0.25) is 4.98 Å². The van der Waals surface area contributed by atoms with Crippen molar-refractivity contribution in [3.8, 4) is 0 Å². The summed E-state index contributed by atoms with van der Waals surface area (Å²) in [5.41, 5.74) is 1.32. The Labute approximate surface area is 111 Å². The van der Waals surface area contributed by atoms with Crippen LogP contribution in [-0.2, 0) is 6.42 Å². The number of hydrogen-bond donors (Lipinski definition) is 2. The van der Waals surface area contributed by atoms with Gasteiger partial charge < -0.3 is 10.6 Å². The summed E-state index contributed by atoms with van der Waals surface area (Å²) in [6.45, 7) is 9.92. The summed E-state index contributed by atoms with van der Waals surface area (Å²) in [7, 11) is 0. The van der Waals surface area contributed by atoms with E-state index in [-0.39, 0.29) is 0 Å². The summed E-state index contributed by atoms with van der Waals surface area (Å²) >= 11 is 0. The van der Waals surface area contributed by atoms with E-state index in [2.05, 4.69) is 42.5 Å². The lowest BCUT2D eigenvalue weighted by molar-refractivity contribution is 0.469. The van der Waals surface area contributed by atoms with Gasteiger partial charge in [-0.25, -0.2) is 0 Å². The summed E-state index contributed by atoms with van der Waals surface area (Å²) in [4.78, 5) is 4.13. The Balaban J connectivity index is 2.00. The SMILES string of the molecule is CC(C)CNCC(C)NCCCc1cccnc1. The van der Waals surface area contributed by atoms with E-state index in [1.165, 1.54) is 12.0 Å². The molecule has 3 heteroatoms. The Kier molecular flexibility index (Phi) is 7.62. The zero-order valence-corrected chi connectivity index (χ0v) is 11.9. The molecule has 1 aromatic rings. The van der Waals surface area contributed by atoms with Crippen molar-refractivity contribution in [3.05, 3.63) is 30.1 Å². The number of nitrogens with zero attached hydrogens (tertiary/aromatic N) is 1. The van der Waals surface area contributed by atoms with Crippen molar-refractivity contribution in [2.45, 2.75) is 39.7 Å². The molecule has 1 rings (SSSR count). The molecule has 1 unspecified atom stereocenters. The second kappa shape index (κ2) is 9.06. The maximum atomic E-state index is 4.13. The number of aromatic nitrogens is 1. The highest BCUT2D eigenvalue weighted by Gasteiger charge is 2.01. The average Bonchev–Trinajstić information content (AvgIpc) is 2.35. The molecule has 102 valence electrons. The van der Waals surface area contributed by atoms with Gasteiger partial charge in [0.15, 0.2) is 0 Å². The fraction of sp³-hybridized carbons (Fsp3) is 0.667. The van der Waals surface area contributed by atoms with E-state index in [9.17, 15) is 0 Å². The van der Waals surface area contributed by atoms with E-state index < -0.39 is 0 Å². The molecule has 0 saturated carbocycles. The molecule has 0 spiro atoms. The summed E-state index contributed by atoms with van der Waals surface area (Å²) in [5, 5.41) is 7.01. The van der Waals surface area contributed by atoms with Crippen LogP contribution in [0.4, 0.5) is 0 Å². The topological polar surface area (TPSA) is 37.0 Å². The van der Waals surface area contributed by atoms with Gasteiger partial charge >= 0.3 is 0 Å². The molecular formula is C15H27N3. The van der Waals surface area contributed by atoms with E-state index in [0.29, 0.717) is 6.04 Å². The minimum atomic E-state index is 0.539. The van der Waals surface area contributed by atoms with E-state index in [0.717, 1.165) is 32.0 Å². The number of aryl methyl sites for hydroxylation is 1. The normalized spacial score (nSPS) is 12.9. The summed E-state index contributed by atoms with van der Waals surface area (Å²) in [6.07, 6.45) is 6.05. The second-order valence-electron chi connectivity index (χ2n) is 5.37. The lowest BCUT2D eigenvalue weighted by atomic mass is 10.1. The zero-order valence-electron chi connectivity index (χ0n) is 11.9. The number of hydrogen-bond acceptors (Lipinski definition) is 3. The van der Waals surface area contributed by atoms with Crippen molar-refractivity contribution in [2.75, 3.05) is 19.6 Å². The molecule has 0 fully saturated rings. The molecule has 1 aromatic heterocycles. The van der Waals surface area contributed by atoms with Gasteiger partial charge in [0.2, 0.25) is 0 Å². The van der Waals surface area contributed by atoms with Crippen molar-refractivity contribution in [1.82, 2.24) is 15.6 Å². The largest absolute Gasteiger partial charge is 0.315 e. The van der Waals surface area contributed by atoms with Crippen molar-refractivity contribution in [1.29, 1.82) is 0 Å². The molecule has 3 nitrogen and oxygen atoms in total. The van der Waals surface area contributed by atoms with Gasteiger partial charge in [-0.15, -0.1) is 0 Å². The summed E-state index contributed by atoms with van der Waals surface area (Å²) in [6, 6.07) is 4.68. The highest BCUT2D eigenvalue weighted by Crippen LogP contribution is 1.99. The highest BCUT2D eigenvalue weighted by atomic mass is 15.0. The van der Waals surface area contributed by atoms with Gasteiger partial charge in [-0.05, 0) is 50.4 Å². The van der Waals surface area contributed by atoms with Crippen molar-refractivity contribution in [3.63, 3.8) is 0 Å². The fourth-order valence-electron chi connectivity index (χ4n) is 1.85. The van der Waals surface area contributed by atoms with Crippen LogP contribution in [-0.4, -0.2) is 30.7 Å². The van der Waals surface area contributed by atoms with Crippen LogP contribution in [0, 0.1) is 5.92 Å². The van der Waals surface area contributed by atoms with Crippen LogP contribution in [0.15, 0.2) is 24.5 Å². The summed E-state index contributed by atoms with van der Waals surface area (Å²) < 4.78 is 0. The first kappa shape index (κ1) is 15.1. The van der Waals surface area contributed by atoms with Crippen LogP contribution in [0.25, 0.3) is 0 Å². The predicted molar refractivity (Wildman–Crippen MR) is 77.7 cm³/mol. The molecule has 0 aliphatic rings. The third-order valence-electron chi connectivity index (χ3n) is 2.86. The molecule has 0 amide bonds. The quantitative estimate of drug-likeness (QED) is 0.659. The molecule has 1 heterocycles. The van der Waals surface area contributed by atoms with Crippen LogP contribution in [0.5, 0.6) is 0 Å². The Morgan fingerprint density at radius 3 is 2.72 bits per heavy atom. The van der Waals surface area contributed by atoms with E-state index in [4.69, 9.17) is 0 Å². The van der Waals surface area contributed by atoms with Crippen molar-refractivity contribution < 1.29 is 0 Å². The number of nitrogens with one attached hydrogen (secondary N) is 2. The molecule has 0 radical (unpaired) electrons. The minimum absolute atomic E-state index is 0.539. The molecule has 0 bridgehead atoms. The first-order chi connectivity index (χ1) is 8.68. The fourth-order valence-corrected chi connectivity index (χ4v) is 1.85. The van der Waals surface area contributed by atoms with Crippen LogP contribution in [0.2, 0.25) is 0 Å². The third kappa shape index (κ3) is 7.41. The van der Waals surface area contributed by atoms with Gasteiger partial charge in [0, 0.05) is 25.0 Å². The van der Waals surface area contributed by atoms with E-state index in [1.54, 1.807) is 0 Å². The van der Waals surface area contributed by atoms with Crippen LogP contribution < -0.4 is 10.6 Å². The smallest absolute Gasteiger partial charge is 0.0299 e. The third-order valence-corrected chi connectivity index (χ3v) is 2.86. The predicted octanol–water partition coefficient (Wildman–Crippen LogP) is 2.24. The molecular weight excluding hydrogens is 222 g/mol. The minimum Gasteiger partial charge on any atom is -0.315 e. The molecule has 0 aromatic carbocycles. The lowest BCUT2D eigenvalue weighted by Gasteiger charge is -2.15. The van der Waals surface area contributed by atoms with Gasteiger partial charge in [-0.1, -0.05) is 19.9 Å². The van der Waals surface area contributed by atoms with E-state index in [1.807, 2.05) is 18.5 Å². The first-order valence-electron chi connectivity index (χ1n) is 7.01. The Hall–Kier alpha value is -0.930. The van der Waals surface area contributed by atoms with Crippen molar-refractivity contribution >= 4 is 0 Å². The van der Waals surface area contributed by atoms with Gasteiger partial charge in [0.1, 0.15) is 0 Å². The summed E-state index contributed by atoms with van der Waals surface area (Å²) in [5.74, 6) is 0.725. The molecule has 0 aliphatic heterocycles. The second-order valence-corrected chi connectivity index (χ2v) is 5.37. The monoisotopic (exact) mass is 249 g/mol. The average molecular weight is 249 g/mol. The lowest BCUT2D eigenvalue weighted by Crippen LogP contribution is -2.38. The maximum Gasteiger partial charge on any atom is 0.0299 e. The molecule has 0 aliphatic carbocycles. The Morgan fingerprint density at radius 1 is 1.22 bits per heavy atom. The molecule has 18 heavy (non-hydrogen) atoms. The Bertz CT molecular complexity index is 298. The molecule has 0 saturated heterocycles.